The van der Waals surface area contributed by atoms with E-state index in [1.54, 1.807) is 18.9 Å². The quantitative estimate of drug-likeness (QED) is 0.579. The van der Waals surface area contributed by atoms with Gasteiger partial charge in [0.1, 0.15) is 17.5 Å². The van der Waals surface area contributed by atoms with Crippen LogP contribution in [0.4, 0.5) is 0 Å². The standard InChI is InChI=1S/C25H34N2O4/c1-19(24(29)26-25(2,3)4)27(18-20-10-7-6-8-11-20)23(28)12-9-17-31-22-15-13-21(30-5)14-16-22/h6-8,10-11,13-16,19H,9,12,17-18H2,1-5H3,(H,26,29)/t19-/m1/s1. The molecule has 0 heterocycles. The van der Waals surface area contributed by atoms with E-state index in [9.17, 15) is 9.59 Å². The first kappa shape index (κ1) is 24.3. The number of hydrogen-bond acceptors (Lipinski definition) is 4. The largest absolute Gasteiger partial charge is 0.497 e. The minimum absolute atomic E-state index is 0.0706. The Balaban J connectivity index is 1.97. The number of rotatable bonds is 10. The second-order valence-electron chi connectivity index (χ2n) is 8.55. The first-order valence-electron chi connectivity index (χ1n) is 10.6. The smallest absolute Gasteiger partial charge is 0.242 e. The Hall–Kier alpha value is -3.02. The summed E-state index contributed by atoms with van der Waals surface area (Å²) in [6.45, 7) is 8.36. The van der Waals surface area contributed by atoms with Crippen LogP contribution in [0.5, 0.6) is 11.5 Å². The molecule has 1 atom stereocenters. The first-order valence-corrected chi connectivity index (χ1v) is 10.6. The van der Waals surface area contributed by atoms with Crippen LogP contribution in [-0.4, -0.2) is 42.0 Å². The van der Waals surface area contributed by atoms with Crippen molar-refractivity contribution in [1.29, 1.82) is 0 Å². The number of carbonyl (C=O) groups excluding carboxylic acids is 2. The molecule has 0 fully saturated rings. The highest BCUT2D eigenvalue weighted by molar-refractivity contribution is 5.87. The van der Waals surface area contributed by atoms with E-state index in [2.05, 4.69) is 5.32 Å². The molecule has 0 saturated heterocycles. The summed E-state index contributed by atoms with van der Waals surface area (Å²) in [4.78, 5) is 27.4. The molecule has 2 amide bonds. The zero-order valence-corrected chi connectivity index (χ0v) is 19.2. The molecule has 0 spiro atoms. The Labute approximate surface area is 185 Å². The Bertz CT molecular complexity index is 829. The van der Waals surface area contributed by atoms with Gasteiger partial charge in [-0.1, -0.05) is 30.3 Å². The van der Waals surface area contributed by atoms with Crippen LogP contribution >= 0.6 is 0 Å². The van der Waals surface area contributed by atoms with Crippen molar-refractivity contribution in [2.24, 2.45) is 0 Å². The highest BCUT2D eigenvalue weighted by atomic mass is 16.5. The van der Waals surface area contributed by atoms with Gasteiger partial charge < -0.3 is 19.7 Å². The molecule has 2 rings (SSSR count). The molecule has 0 unspecified atom stereocenters. The molecule has 1 N–H and O–H groups in total. The summed E-state index contributed by atoms with van der Waals surface area (Å²) in [5, 5.41) is 2.97. The summed E-state index contributed by atoms with van der Waals surface area (Å²) in [6.07, 6.45) is 0.861. The van der Waals surface area contributed by atoms with Crippen LogP contribution in [0.3, 0.4) is 0 Å². The summed E-state index contributed by atoms with van der Waals surface area (Å²) in [6, 6.07) is 16.5. The van der Waals surface area contributed by atoms with E-state index in [1.165, 1.54) is 0 Å². The lowest BCUT2D eigenvalue weighted by Gasteiger charge is -2.31. The number of ether oxygens (including phenoxy) is 2. The molecule has 0 saturated carbocycles. The third kappa shape index (κ3) is 8.32. The second kappa shape index (κ2) is 11.4. The van der Waals surface area contributed by atoms with Crippen LogP contribution in [0.15, 0.2) is 54.6 Å². The normalized spacial score (nSPS) is 12.0. The SMILES string of the molecule is COc1ccc(OCCCC(=O)N(Cc2ccccc2)[C@H](C)C(=O)NC(C)(C)C)cc1. The van der Waals surface area contributed by atoms with Crippen molar-refractivity contribution in [3.8, 4) is 11.5 Å². The van der Waals surface area contributed by atoms with Gasteiger partial charge in [-0.2, -0.15) is 0 Å². The maximum absolute atomic E-state index is 13.0. The van der Waals surface area contributed by atoms with E-state index < -0.39 is 6.04 Å². The average molecular weight is 427 g/mol. The first-order chi connectivity index (χ1) is 14.7. The van der Waals surface area contributed by atoms with E-state index in [1.807, 2.05) is 75.4 Å². The van der Waals surface area contributed by atoms with Crippen LogP contribution < -0.4 is 14.8 Å². The van der Waals surface area contributed by atoms with Crippen molar-refractivity contribution < 1.29 is 19.1 Å². The molecule has 6 heteroatoms. The van der Waals surface area contributed by atoms with Crippen molar-refractivity contribution in [1.82, 2.24) is 10.2 Å². The highest BCUT2D eigenvalue weighted by Crippen LogP contribution is 2.18. The van der Waals surface area contributed by atoms with Gasteiger partial charge in [0.05, 0.1) is 13.7 Å². The van der Waals surface area contributed by atoms with E-state index in [-0.39, 0.29) is 17.4 Å². The number of nitrogens with one attached hydrogen (secondary N) is 1. The fourth-order valence-corrected chi connectivity index (χ4v) is 3.07. The predicted molar refractivity (Wildman–Crippen MR) is 122 cm³/mol. The summed E-state index contributed by atoms with van der Waals surface area (Å²) in [7, 11) is 1.62. The van der Waals surface area contributed by atoms with Gasteiger partial charge in [-0.25, -0.2) is 0 Å². The van der Waals surface area contributed by atoms with Gasteiger partial charge in [-0.15, -0.1) is 0 Å². The molecule has 0 aromatic heterocycles. The molecular formula is C25H34N2O4. The molecule has 0 aliphatic carbocycles. The molecular weight excluding hydrogens is 392 g/mol. The second-order valence-corrected chi connectivity index (χ2v) is 8.55. The Morgan fingerprint density at radius 2 is 1.61 bits per heavy atom. The molecule has 2 aromatic rings. The lowest BCUT2D eigenvalue weighted by molar-refractivity contribution is -0.141. The molecule has 0 aliphatic heterocycles. The Kier molecular flexibility index (Phi) is 8.91. The number of amides is 2. The minimum Gasteiger partial charge on any atom is -0.497 e. The van der Waals surface area contributed by atoms with Crippen molar-refractivity contribution in [2.45, 2.75) is 58.7 Å². The van der Waals surface area contributed by atoms with Gasteiger partial charge in [-0.05, 0) is 63.9 Å². The molecule has 0 aliphatic rings. The monoisotopic (exact) mass is 426 g/mol. The van der Waals surface area contributed by atoms with Crippen LogP contribution in [-0.2, 0) is 16.1 Å². The Morgan fingerprint density at radius 1 is 1.00 bits per heavy atom. The van der Waals surface area contributed by atoms with Crippen LogP contribution in [0.1, 0.15) is 46.1 Å². The van der Waals surface area contributed by atoms with Crippen LogP contribution in [0.25, 0.3) is 0 Å². The zero-order chi connectivity index (χ0) is 22.9. The summed E-state index contributed by atoms with van der Waals surface area (Å²) in [5.41, 5.74) is 0.625. The number of carbonyl (C=O) groups is 2. The number of methoxy groups -OCH3 is 1. The van der Waals surface area contributed by atoms with Gasteiger partial charge in [0.25, 0.3) is 0 Å². The van der Waals surface area contributed by atoms with Gasteiger partial charge in [0.2, 0.25) is 11.8 Å². The maximum atomic E-state index is 13.0. The topological polar surface area (TPSA) is 67.9 Å². The summed E-state index contributed by atoms with van der Waals surface area (Å²) < 4.78 is 10.9. The summed E-state index contributed by atoms with van der Waals surface area (Å²) >= 11 is 0. The molecule has 0 bridgehead atoms. The molecule has 6 nitrogen and oxygen atoms in total. The van der Waals surface area contributed by atoms with Gasteiger partial charge >= 0.3 is 0 Å². The van der Waals surface area contributed by atoms with Gasteiger partial charge in [0.15, 0.2) is 0 Å². The average Bonchev–Trinajstić information content (AvgIpc) is 2.74. The molecule has 2 aromatic carbocycles. The highest BCUT2D eigenvalue weighted by Gasteiger charge is 2.28. The molecule has 168 valence electrons. The summed E-state index contributed by atoms with van der Waals surface area (Å²) in [5.74, 6) is 1.26. The zero-order valence-electron chi connectivity index (χ0n) is 19.2. The van der Waals surface area contributed by atoms with Crippen molar-refractivity contribution >= 4 is 11.8 Å². The molecule has 0 radical (unpaired) electrons. The van der Waals surface area contributed by atoms with Crippen LogP contribution in [0, 0.1) is 0 Å². The lowest BCUT2D eigenvalue weighted by atomic mass is 10.1. The number of benzene rings is 2. The third-order valence-electron chi connectivity index (χ3n) is 4.72. The number of nitrogens with zero attached hydrogens (tertiary/aromatic N) is 1. The number of hydrogen-bond donors (Lipinski definition) is 1. The third-order valence-corrected chi connectivity index (χ3v) is 4.72. The van der Waals surface area contributed by atoms with E-state index >= 15 is 0 Å². The fraction of sp³-hybridized carbons (Fsp3) is 0.440. The van der Waals surface area contributed by atoms with Crippen molar-refractivity contribution in [3.05, 3.63) is 60.2 Å². The van der Waals surface area contributed by atoms with E-state index in [0.29, 0.717) is 26.0 Å². The predicted octanol–water partition coefficient (Wildman–Crippen LogP) is 4.19. The fourth-order valence-electron chi connectivity index (χ4n) is 3.07. The van der Waals surface area contributed by atoms with E-state index in [0.717, 1.165) is 17.1 Å². The van der Waals surface area contributed by atoms with Crippen molar-refractivity contribution in [2.75, 3.05) is 13.7 Å². The van der Waals surface area contributed by atoms with Gasteiger partial charge in [0, 0.05) is 18.5 Å². The van der Waals surface area contributed by atoms with E-state index in [4.69, 9.17) is 9.47 Å². The maximum Gasteiger partial charge on any atom is 0.242 e. The van der Waals surface area contributed by atoms with Crippen molar-refractivity contribution in [3.63, 3.8) is 0 Å². The molecule has 31 heavy (non-hydrogen) atoms. The minimum atomic E-state index is -0.575. The lowest BCUT2D eigenvalue weighted by Crippen LogP contribution is -2.52. The Morgan fingerprint density at radius 3 is 2.19 bits per heavy atom. The van der Waals surface area contributed by atoms with Crippen LogP contribution in [0.2, 0.25) is 0 Å². The van der Waals surface area contributed by atoms with Gasteiger partial charge in [-0.3, -0.25) is 9.59 Å².